The first kappa shape index (κ1) is 13.6. The smallest absolute Gasteiger partial charge is 0.337 e. The molecule has 1 fully saturated rings. The minimum Gasteiger partial charge on any atom is -0.493 e. The Morgan fingerprint density at radius 2 is 2.26 bits per heavy atom. The zero-order valence-corrected chi connectivity index (χ0v) is 10.5. The van der Waals surface area contributed by atoms with Gasteiger partial charge in [0.15, 0.2) is 17.6 Å². The molecule has 2 unspecified atom stereocenters. The Morgan fingerprint density at radius 3 is 2.84 bits per heavy atom. The van der Waals surface area contributed by atoms with Crippen LogP contribution in [-0.2, 0) is 9.53 Å². The van der Waals surface area contributed by atoms with E-state index in [1.54, 1.807) is 6.07 Å². The lowest BCUT2D eigenvalue weighted by molar-refractivity contribution is -0.146. The van der Waals surface area contributed by atoms with Crippen molar-refractivity contribution in [3.05, 3.63) is 23.8 Å². The van der Waals surface area contributed by atoms with Gasteiger partial charge >= 0.3 is 5.97 Å². The lowest BCUT2D eigenvalue weighted by Crippen LogP contribution is -2.17. The van der Waals surface area contributed by atoms with Gasteiger partial charge < -0.3 is 24.4 Å². The molecule has 1 aromatic rings. The van der Waals surface area contributed by atoms with E-state index in [-0.39, 0.29) is 11.7 Å². The molecule has 6 nitrogen and oxygen atoms in total. The summed E-state index contributed by atoms with van der Waals surface area (Å²) in [4.78, 5) is 10.8. The minimum atomic E-state index is -1.58. The van der Waals surface area contributed by atoms with Gasteiger partial charge in [-0.25, -0.2) is 4.79 Å². The maximum Gasteiger partial charge on any atom is 0.337 e. The summed E-state index contributed by atoms with van der Waals surface area (Å²) in [6.07, 6.45) is -0.881. The zero-order chi connectivity index (χ0) is 13.8. The third-order valence-electron chi connectivity index (χ3n) is 2.92. The van der Waals surface area contributed by atoms with Crippen LogP contribution in [-0.4, -0.2) is 42.6 Å². The van der Waals surface area contributed by atoms with Crippen molar-refractivity contribution in [3.8, 4) is 11.5 Å². The molecule has 2 rings (SSSR count). The third kappa shape index (κ3) is 3.15. The molecule has 0 aromatic heterocycles. The number of carbonyl (C=O) groups is 1. The van der Waals surface area contributed by atoms with E-state index in [0.29, 0.717) is 24.7 Å². The third-order valence-corrected chi connectivity index (χ3v) is 2.92. The van der Waals surface area contributed by atoms with Crippen LogP contribution in [0.3, 0.4) is 0 Å². The number of carboxylic acids is 1. The average molecular weight is 268 g/mol. The fraction of sp³-hybridized carbons (Fsp3) is 0.462. The first-order chi connectivity index (χ1) is 9.11. The Bertz CT molecular complexity index is 452. The SMILES string of the molecule is COc1ccc(C(O)C(=O)O)cc1OC1CCOC1. The predicted molar refractivity (Wildman–Crippen MR) is 65.4 cm³/mol. The first-order valence-electron chi connectivity index (χ1n) is 5.95. The summed E-state index contributed by atoms with van der Waals surface area (Å²) in [7, 11) is 1.50. The van der Waals surface area contributed by atoms with Crippen LogP contribution in [0.2, 0.25) is 0 Å². The second-order valence-corrected chi connectivity index (χ2v) is 4.25. The highest BCUT2D eigenvalue weighted by atomic mass is 16.6. The van der Waals surface area contributed by atoms with Crippen LogP contribution >= 0.6 is 0 Å². The van der Waals surface area contributed by atoms with Crippen LogP contribution in [0.5, 0.6) is 11.5 Å². The van der Waals surface area contributed by atoms with Gasteiger partial charge in [-0.3, -0.25) is 0 Å². The predicted octanol–water partition coefficient (Wildman–Crippen LogP) is 0.981. The van der Waals surface area contributed by atoms with Crippen molar-refractivity contribution in [2.45, 2.75) is 18.6 Å². The molecule has 2 atom stereocenters. The molecule has 6 heteroatoms. The van der Waals surface area contributed by atoms with E-state index in [9.17, 15) is 9.90 Å². The van der Waals surface area contributed by atoms with Crippen LogP contribution in [0.1, 0.15) is 18.1 Å². The molecule has 19 heavy (non-hydrogen) atoms. The van der Waals surface area contributed by atoms with Crippen LogP contribution in [0.4, 0.5) is 0 Å². The van der Waals surface area contributed by atoms with Gasteiger partial charge in [-0.05, 0) is 17.7 Å². The van der Waals surface area contributed by atoms with E-state index < -0.39 is 12.1 Å². The Hall–Kier alpha value is -1.79. The largest absolute Gasteiger partial charge is 0.493 e. The first-order valence-corrected chi connectivity index (χ1v) is 5.95. The molecule has 1 aliphatic heterocycles. The fourth-order valence-corrected chi connectivity index (χ4v) is 1.88. The van der Waals surface area contributed by atoms with Gasteiger partial charge in [-0.2, -0.15) is 0 Å². The molecule has 1 aliphatic rings. The van der Waals surface area contributed by atoms with Crippen LogP contribution in [0, 0.1) is 0 Å². The summed E-state index contributed by atoms with van der Waals surface area (Å²) >= 11 is 0. The standard InChI is InChI=1S/C13H16O6/c1-17-10-3-2-8(12(14)13(15)16)6-11(10)19-9-4-5-18-7-9/h2-3,6,9,12,14H,4-5,7H2,1H3,(H,15,16). The molecule has 1 heterocycles. The molecule has 0 amide bonds. The van der Waals surface area contributed by atoms with Gasteiger partial charge in [0.25, 0.3) is 0 Å². The van der Waals surface area contributed by atoms with Gasteiger partial charge in [0.1, 0.15) is 6.10 Å². The summed E-state index contributed by atoms with van der Waals surface area (Å²) in [6.45, 7) is 1.14. The molecule has 1 saturated heterocycles. The highest BCUT2D eigenvalue weighted by molar-refractivity contribution is 5.74. The highest BCUT2D eigenvalue weighted by Crippen LogP contribution is 2.32. The molecular formula is C13H16O6. The Labute approximate surface area is 110 Å². The quantitative estimate of drug-likeness (QED) is 0.828. The normalized spacial score (nSPS) is 20.0. The maximum atomic E-state index is 10.8. The average Bonchev–Trinajstić information content (AvgIpc) is 2.90. The summed E-state index contributed by atoms with van der Waals surface area (Å²) < 4.78 is 16.1. The van der Waals surface area contributed by atoms with Crippen molar-refractivity contribution in [3.63, 3.8) is 0 Å². The number of aliphatic hydroxyl groups is 1. The topological polar surface area (TPSA) is 85.2 Å². The summed E-state index contributed by atoms with van der Waals surface area (Å²) in [5.41, 5.74) is 0.252. The zero-order valence-electron chi connectivity index (χ0n) is 10.5. The Kier molecular flexibility index (Phi) is 4.24. The lowest BCUT2D eigenvalue weighted by Gasteiger charge is -2.16. The van der Waals surface area contributed by atoms with Crippen molar-refractivity contribution in [1.82, 2.24) is 0 Å². The van der Waals surface area contributed by atoms with E-state index in [1.807, 2.05) is 0 Å². The second kappa shape index (κ2) is 5.90. The molecule has 0 saturated carbocycles. The number of benzene rings is 1. The molecule has 0 spiro atoms. The summed E-state index contributed by atoms with van der Waals surface area (Å²) in [5, 5.41) is 18.3. The van der Waals surface area contributed by atoms with Crippen molar-refractivity contribution < 1.29 is 29.2 Å². The molecule has 0 bridgehead atoms. The number of aliphatic carboxylic acids is 1. The molecule has 2 N–H and O–H groups in total. The van der Waals surface area contributed by atoms with E-state index in [4.69, 9.17) is 19.3 Å². The Morgan fingerprint density at radius 1 is 1.47 bits per heavy atom. The number of ether oxygens (including phenoxy) is 3. The monoisotopic (exact) mass is 268 g/mol. The van der Waals surface area contributed by atoms with E-state index in [1.165, 1.54) is 19.2 Å². The highest BCUT2D eigenvalue weighted by Gasteiger charge is 2.22. The van der Waals surface area contributed by atoms with E-state index in [2.05, 4.69) is 0 Å². The van der Waals surface area contributed by atoms with Crippen LogP contribution in [0.15, 0.2) is 18.2 Å². The van der Waals surface area contributed by atoms with Crippen LogP contribution in [0.25, 0.3) is 0 Å². The van der Waals surface area contributed by atoms with Gasteiger partial charge in [-0.15, -0.1) is 0 Å². The second-order valence-electron chi connectivity index (χ2n) is 4.25. The molecular weight excluding hydrogens is 252 g/mol. The number of hydrogen-bond donors (Lipinski definition) is 2. The van der Waals surface area contributed by atoms with Crippen LogP contribution < -0.4 is 9.47 Å². The number of aliphatic hydroxyl groups excluding tert-OH is 1. The van der Waals surface area contributed by atoms with Gasteiger partial charge in [-0.1, -0.05) is 6.07 Å². The van der Waals surface area contributed by atoms with E-state index >= 15 is 0 Å². The van der Waals surface area contributed by atoms with Crippen molar-refractivity contribution in [1.29, 1.82) is 0 Å². The minimum absolute atomic E-state index is 0.0777. The number of rotatable bonds is 5. The number of methoxy groups -OCH3 is 1. The lowest BCUT2D eigenvalue weighted by atomic mass is 10.1. The van der Waals surface area contributed by atoms with E-state index in [0.717, 1.165) is 6.42 Å². The molecule has 1 aromatic carbocycles. The van der Waals surface area contributed by atoms with Crippen molar-refractivity contribution in [2.75, 3.05) is 20.3 Å². The molecule has 104 valence electrons. The van der Waals surface area contributed by atoms with Gasteiger partial charge in [0.05, 0.1) is 20.3 Å². The van der Waals surface area contributed by atoms with Crippen molar-refractivity contribution >= 4 is 5.97 Å². The van der Waals surface area contributed by atoms with Crippen molar-refractivity contribution in [2.24, 2.45) is 0 Å². The molecule has 0 aliphatic carbocycles. The number of hydrogen-bond acceptors (Lipinski definition) is 5. The number of carboxylic acid groups (broad SMARTS) is 1. The Balaban J connectivity index is 2.22. The fourth-order valence-electron chi connectivity index (χ4n) is 1.88. The maximum absolute atomic E-state index is 10.8. The summed E-state index contributed by atoms with van der Waals surface area (Å²) in [6, 6.07) is 4.55. The van der Waals surface area contributed by atoms with Gasteiger partial charge in [0.2, 0.25) is 0 Å². The van der Waals surface area contributed by atoms with Gasteiger partial charge in [0, 0.05) is 6.42 Å². The molecule has 0 radical (unpaired) electrons. The summed E-state index contributed by atoms with van der Waals surface area (Å²) in [5.74, 6) is -0.399.